The second-order valence-corrected chi connectivity index (χ2v) is 14.4. The molecule has 5 nitrogen and oxygen atoms in total. The van der Waals surface area contributed by atoms with Crippen molar-refractivity contribution >= 4 is 14.3 Å². The largest absolute Gasteiger partial charge is 0.458 e. The molecule has 3 atom stereocenters. The quantitative estimate of drug-likeness (QED) is 0.492. The fourth-order valence-electron chi connectivity index (χ4n) is 3.78. The maximum Gasteiger partial charge on any atom is 0.338 e. The highest BCUT2D eigenvalue weighted by Gasteiger charge is 2.43. The Kier molecular flexibility index (Phi) is 6.34. The lowest BCUT2D eigenvalue weighted by atomic mass is 9.82. The van der Waals surface area contributed by atoms with Crippen molar-refractivity contribution in [2.75, 3.05) is 0 Å². The third-order valence-electron chi connectivity index (χ3n) is 6.51. The minimum absolute atomic E-state index is 0.0821. The molecule has 158 valence electrons. The molecule has 3 rings (SSSR count). The van der Waals surface area contributed by atoms with E-state index in [4.69, 9.17) is 9.16 Å². The number of carbonyl (C=O) groups is 1. The lowest BCUT2D eigenvalue weighted by molar-refractivity contribution is -0.00472. The van der Waals surface area contributed by atoms with E-state index in [0.29, 0.717) is 5.56 Å². The lowest BCUT2D eigenvalue weighted by Gasteiger charge is -2.43. The minimum atomic E-state index is -1.86. The van der Waals surface area contributed by atoms with Gasteiger partial charge in [0, 0.05) is 31.0 Å². The van der Waals surface area contributed by atoms with Crippen molar-refractivity contribution in [2.45, 2.75) is 76.3 Å². The monoisotopic (exact) mass is 414 g/mol. The van der Waals surface area contributed by atoms with Gasteiger partial charge in [0.15, 0.2) is 8.32 Å². The molecule has 0 saturated heterocycles. The van der Waals surface area contributed by atoms with Crippen molar-refractivity contribution in [1.82, 2.24) is 9.78 Å². The smallest absolute Gasteiger partial charge is 0.338 e. The molecule has 29 heavy (non-hydrogen) atoms. The Morgan fingerprint density at radius 3 is 2.41 bits per heavy atom. The molecule has 0 radical (unpaired) electrons. The zero-order chi connectivity index (χ0) is 21.2. The van der Waals surface area contributed by atoms with Crippen LogP contribution >= 0.6 is 0 Å². The summed E-state index contributed by atoms with van der Waals surface area (Å²) in [6.07, 6.45) is 4.38. The first-order valence-electron chi connectivity index (χ1n) is 10.5. The van der Waals surface area contributed by atoms with Gasteiger partial charge in [-0.05, 0) is 55.6 Å². The van der Waals surface area contributed by atoms with Crippen molar-refractivity contribution in [3.05, 3.63) is 53.9 Å². The number of benzene rings is 1. The van der Waals surface area contributed by atoms with E-state index < -0.39 is 8.32 Å². The normalized spacial score (nSPS) is 23.0. The zero-order valence-corrected chi connectivity index (χ0v) is 19.5. The molecule has 0 amide bonds. The molecule has 0 unspecified atom stereocenters. The van der Waals surface area contributed by atoms with Gasteiger partial charge in [-0.15, -0.1) is 0 Å². The van der Waals surface area contributed by atoms with Gasteiger partial charge in [-0.1, -0.05) is 39.0 Å². The van der Waals surface area contributed by atoms with Gasteiger partial charge in [-0.2, -0.15) is 5.10 Å². The second-order valence-electron chi connectivity index (χ2n) is 9.61. The van der Waals surface area contributed by atoms with E-state index in [2.05, 4.69) is 39.0 Å². The van der Waals surface area contributed by atoms with Crippen LogP contribution in [0.3, 0.4) is 0 Å². The van der Waals surface area contributed by atoms with Crippen LogP contribution in [0.1, 0.15) is 62.0 Å². The van der Waals surface area contributed by atoms with Crippen LogP contribution in [-0.4, -0.2) is 36.3 Å². The SMILES string of the molecule is Cn1nccc1[C@H]1C[C@@H](O[Si](C)(C)C(C)(C)C)CC[C@@H]1OC(=O)c1ccccc1. The summed E-state index contributed by atoms with van der Waals surface area (Å²) < 4.78 is 14.6. The van der Waals surface area contributed by atoms with E-state index in [1.165, 1.54) is 0 Å². The van der Waals surface area contributed by atoms with Crippen LogP contribution < -0.4 is 0 Å². The standard InChI is InChI=1S/C23H34N2O3Si/c1-23(2,3)29(5,6)28-18-12-13-21(19(16-18)20-14-15-24-25(20)4)27-22(26)17-10-8-7-9-11-17/h7-11,14-15,18-19,21H,12-13,16H2,1-6H3/t18-,19+,21-/m0/s1. The number of hydrogen-bond donors (Lipinski definition) is 0. The van der Waals surface area contributed by atoms with Crippen molar-refractivity contribution in [1.29, 1.82) is 0 Å². The maximum atomic E-state index is 12.7. The molecule has 0 aliphatic heterocycles. The highest BCUT2D eigenvalue weighted by atomic mass is 28.4. The van der Waals surface area contributed by atoms with Crippen molar-refractivity contribution < 1.29 is 14.0 Å². The Balaban J connectivity index is 1.78. The second kappa shape index (κ2) is 8.44. The number of esters is 1. The Morgan fingerprint density at radius 2 is 1.83 bits per heavy atom. The van der Waals surface area contributed by atoms with E-state index >= 15 is 0 Å². The molecule has 1 aliphatic rings. The van der Waals surface area contributed by atoms with Crippen LogP contribution in [0.15, 0.2) is 42.6 Å². The van der Waals surface area contributed by atoms with E-state index in [1.807, 2.05) is 42.2 Å². The average molecular weight is 415 g/mol. The third-order valence-corrected chi connectivity index (χ3v) is 11.0. The van der Waals surface area contributed by atoms with Gasteiger partial charge >= 0.3 is 5.97 Å². The van der Waals surface area contributed by atoms with Crippen LogP contribution in [-0.2, 0) is 16.2 Å². The number of hydrogen-bond acceptors (Lipinski definition) is 4. The van der Waals surface area contributed by atoms with Gasteiger partial charge in [-0.3, -0.25) is 4.68 Å². The number of carbonyl (C=O) groups excluding carboxylic acids is 1. The molecule has 0 N–H and O–H groups in total. The van der Waals surface area contributed by atoms with Crippen molar-refractivity contribution in [3.8, 4) is 0 Å². The van der Waals surface area contributed by atoms with Gasteiger partial charge in [0.05, 0.1) is 5.56 Å². The topological polar surface area (TPSA) is 53.4 Å². The molecular formula is C23H34N2O3Si. The molecule has 0 bridgehead atoms. The number of aryl methyl sites for hydroxylation is 1. The summed E-state index contributed by atoms with van der Waals surface area (Å²) in [7, 11) is 0.0910. The summed E-state index contributed by atoms with van der Waals surface area (Å²) in [5.41, 5.74) is 1.69. The lowest BCUT2D eigenvalue weighted by Crippen LogP contribution is -2.46. The van der Waals surface area contributed by atoms with Gasteiger partial charge in [0.2, 0.25) is 0 Å². The average Bonchev–Trinajstić information content (AvgIpc) is 3.08. The first-order chi connectivity index (χ1) is 13.6. The molecule has 6 heteroatoms. The van der Waals surface area contributed by atoms with Crippen LogP contribution in [0.25, 0.3) is 0 Å². The van der Waals surface area contributed by atoms with Gasteiger partial charge in [0.1, 0.15) is 6.10 Å². The molecule has 1 fully saturated rings. The Hall–Kier alpha value is -1.92. The Bertz CT molecular complexity index is 826. The first-order valence-corrected chi connectivity index (χ1v) is 13.4. The van der Waals surface area contributed by atoms with Crippen LogP contribution in [0, 0.1) is 0 Å². The first kappa shape index (κ1) is 21.8. The summed E-state index contributed by atoms with van der Waals surface area (Å²) in [6.45, 7) is 11.4. The summed E-state index contributed by atoms with van der Waals surface area (Å²) >= 11 is 0. The third kappa shape index (κ3) is 4.98. The maximum absolute atomic E-state index is 12.7. The predicted octanol–water partition coefficient (Wildman–Crippen LogP) is 5.30. The van der Waals surface area contributed by atoms with Crippen LogP contribution in [0.2, 0.25) is 18.1 Å². The summed E-state index contributed by atoms with van der Waals surface area (Å²) in [6, 6.07) is 11.3. The molecule has 1 heterocycles. The van der Waals surface area contributed by atoms with Crippen LogP contribution in [0.4, 0.5) is 0 Å². The molecule has 1 aromatic carbocycles. The van der Waals surface area contributed by atoms with Crippen molar-refractivity contribution in [3.63, 3.8) is 0 Å². The fourth-order valence-corrected chi connectivity index (χ4v) is 5.19. The number of nitrogens with zero attached hydrogens (tertiary/aromatic N) is 2. The summed E-state index contributed by atoms with van der Waals surface area (Å²) in [5.74, 6) is -0.176. The predicted molar refractivity (Wildman–Crippen MR) is 118 cm³/mol. The summed E-state index contributed by atoms with van der Waals surface area (Å²) in [4.78, 5) is 12.7. The molecular weight excluding hydrogens is 380 g/mol. The van der Waals surface area contributed by atoms with E-state index in [1.54, 1.807) is 12.1 Å². The molecule has 1 aromatic heterocycles. The van der Waals surface area contributed by atoms with E-state index in [9.17, 15) is 4.79 Å². The van der Waals surface area contributed by atoms with Gasteiger partial charge in [-0.25, -0.2) is 4.79 Å². The highest BCUT2D eigenvalue weighted by molar-refractivity contribution is 6.74. The highest BCUT2D eigenvalue weighted by Crippen LogP contribution is 2.42. The Morgan fingerprint density at radius 1 is 1.14 bits per heavy atom. The molecule has 1 saturated carbocycles. The molecule has 1 aliphatic carbocycles. The number of aromatic nitrogens is 2. The number of rotatable bonds is 5. The van der Waals surface area contributed by atoms with Gasteiger partial charge in [0.25, 0.3) is 0 Å². The Labute approximate surface area is 175 Å². The fraction of sp³-hybridized carbons (Fsp3) is 0.565. The van der Waals surface area contributed by atoms with E-state index in [0.717, 1.165) is 25.0 Å². The number of ether oxygens (including phenoxy) is 1. The van der Waals surface area contributed by atoms with E-state index in [-0.39, 0.29) is 29.1 Å². The zero-order valence-electron chi connectivity index (χ0n) is 18.5. The molecule has 2 aromatic rings. The van der Waals surface area contributed by atoms with Crippen LogP contribution in [0.5, 0.6) is 0 Å². The van der Waals surface area contributed by atoms with Crippen molar-refractivity contribution in [2.24, 2.45) is 7.05 Å². The minimum Gasteiger partial charge on any atom is -0.458 e. The van der Waals surface area contributed by atoms with Gasteiger partial charge < -0.3 is 9.16 Å². The molecule has 0 spiro atoms. The summed E-state index contributed by atoms with van der Waals surface area (Å²) in [5, 5.41) is 4.52.